The summed E-state index contributed by atoms with van der Waals surface area (Å²) in [5, 5.41) is 12.1. The number of amides is 2. The first-order chi connectivity index (χ1) is 15.6. The molecule has 194 valence electrons. The summed E-state index contributed by atoms with van der Waals surface area (Å²) in [5.41, 5.74) is 0.188. The third kappa shape index (κ3) is 16.0. The number of aliphatic hydroxyl groups is 1. The molecule has 1 rings (SSSR count). The van der Waals surface area contributed by atoms with Gasteiger partial charge in [0, 0.05) is 23.5 Å². The summed E-state index contributed by atoms with van der Waals surface area (Å²) < 4.78 is 44.7. The highest BCUT2D eigenvalue weighted by Gasteiger charge is 2.26. The minimum absolute atomic E-state index is 0. The molecular weight excluding hydrogens is 442 g/mol. The van der Waals surface area contributed by atoms with Gasteiger partial charge in [-0.2, -0.15) is 8.78 Å². The van der Waals surface area contributed by atoms with Crippen molar-refractivity contribution in [3.8, 4) is 0 Å². The molecular formula is C22H40F2N2O7. The molecule has 33 heavy (non-hydrogen) atoms. The van der Waals surface area contributed by atoms with E-state index in [-0.39, 0.29) is 22.5 Å². The molecule has 0 saturated heterocycles. The molecule has 0 fully saturated rings. The second kappa shape index (κ2) is 17.2. The average molecular weight is 483 g/mol. The fraction of sp³-hybridized carbons (Fsp3) is 0.636. The van der Waals surface area contributed by atoms with E-state index in [4.69, 9.17) is 19.3 Å². The smallest absolute Gasteiger partial charge is 0.408 e. The molecule has 0 aliphatic rings. The molecule has 1 unspecified atom stereocenters. The number of benzene rings is 1. The van der Waals surface area contributed by atoms with Crippen LogP contribution in [0.15, 0.2) is 30.3 Å². The van der Waals surface area contributed by atoms with E-state index in [0.717, 1.165) is 12.7 Å². The van der Waals surface area contributed by atoms with Crippen LogP contribution in [-0.4, -0.2) is 75.4 Å². The Hall–Kier alpha value is -2.34. The first kappa shape index (κ1) is 30.7. The van der Waals surface area contributed by atoms with Crippen LogP contribution in [0.25, 0.3) is 0 Å². The third-order valence-corrected chi connectivity index (χ3v) is 3.80. The topological polar surface area (TPSA) is 115 Å². The van der Waals surface area contributed by atoms with Crippen LogP contribution in [-0.2, 0) is 30.3 Å². The Morgan fingerprint density at radius 1 is 1.09 bits per heavy atom. The maximum atomic E-state index is 12.7. The van der Waals surface area contributed by atoms with Crippen molar-refractivity contribution in [2.75, 3.05) is 34.0 Å². The van der Waals surface area contributed by atoms with Gasteiger partial charge in [-0.3, -0.25) is 4.79 Å². The zero-order valence-electron chi connectivity index (χ0n) is 19.8. The normalized spacial score (nSPS) is 12.9. The number of methoxy groups -OCH3 is 1. The number of alkyl halides is 2. The molecule has 0 aromatic heterocycles. The fourth-order valence-corrected chi connectivity index (χ4v) is 2.52. The molecule has 2 amide bonds. The highest BCUT2D eigenvalue weighted by atomic mass is 19.3. The summed E-state index contributed by atoms with van der Waals surface area (Å²) in [6, 6.07) is 7.85. The van der Waals surface area contributed by atoms with Crippen molar-refractivity contribution in [3.05, 3.63) is 35.9 Å². The highest BCUT2D eigenvalue weighted by Crippen LogP contribution is 2.08. The average Bonchev–Trinajstić information content (AvgIpc) is 2.73. The van der Waals surface area contributed by atoms with Crippen molar-refractivity contribution < 1.29 is 45.3 Å². The van der Waals surface area contributed by atoms with Gasteiger partial charge in [0.25, 0.3) is 0 Å². The number of nitrogens with one attached hydrogen (secondary N) is 2. The molecule has 2 atom stereocenters. The largest absolute Gasteiger partial charge is 0.444 e. The summed E-state index contributed by atoms with van der Waals surface area (Å²) in [6.07, 6.45) is -1.01. The first-order valence-electron chi connectivity index (χ1n) is 10.4. The Morgan fingerprint density at radius 3 is 2.27 bits per heavy atom. The van der Waals surface area contributed by atoms with E-state index in [1.807, 2.05) is 30.3 Å². The maximum absolute atomic E-state index is 12.7. The number of hydrogen-bond acceptors (Lipinski definition) is 7. The second-order valence-electron chi connectivity index (χ2n) is 7.78. The number of alkyl carbamates (subject to hydrolysis) is 1. The van der Waals surface area contributed by atoms with Crippen molar-refractivity contribution in [3.63, 3.8) is 0 Å². The molecule has 11 heteroatoms. The van der Waals surface area contributed by atoms with Gasteiger partial charge in [-0.1, -0.05) is 30.3 Å². The number of halogens is 2. The van der Waals surface area contributed by atoms with Crippen LogP contribution in [0.5, 0.6) is 0 Å². The van der Waals surface area contributed by atoms with Gasteiger partial charge in [-0.15, -0.1) is 0 Å². The van der Waals surface area contributed by atoms with E-state index in [1.165, 1.54) is 7.11 Å². The third-order valence-electron chi connectivity index (χ3n) is 3.80. The van der Waals surface area contributed by atoms with E-state index >= 15 is 0 Å². The maximum Gasteiger partial charge on any atom is 0.408 e. The van der Waals surface area contributed by atoms with E-state index in [1.54, 1.807) is 20.8 Å². The summed E-state index contributed by atoms with van der Waals surface area (Å²) in [5.74, 6) is -0.589. The molecule has 0 aliphatic carbocycles. The molecule has 0 spiro atoms. The predicted molar refractivity (Wildman–Crippen MR) is 122 cm³/mol. The van der Waals surface area contributed by atoms with Gasteiger partial charge in [-0.25, -0.2) is 4.79 Å². The number of carbonyl (C=O) groups excluding carboxylic acids is 2. The van der Waals surface area contributed by atoms with Gasteiger partial charge in [0.05, 0.1) is 32.5 Å². The fourth-order valence-electron chi connectivity index (χ4n) is 2.52. The standard InChI is InChI=1S/C21H32F2N2O6.CH4O.2H2/c1-21(2,3)31-20(27)25-17(10-11-30-19(22)23)18(26)24-16(13-28-4)14-29-12-15-8-6-5-7-9-15;1-2;;/h5-9,16-17,19H,10-14H2,1-4H3,(H,24,26)(H,25,27);2H,1H3;2*1H/t16-,17?;;;/m0.../s1. The van der Waals surface area contributed by atoms with Crippen molar-refractivity contribution in [1.82, 2.24) is 10.6 Å². The Morgan fingerprint density at radius 2 is 1.73 bits per heavy atom. The lowest BCUT2D eigenvalue weighted by atomic mass is 10.1. The summed E-state index contributed by atoms with van der Waals surface area (Å²) in [7, 11) is 2.48. The summed E-state index contributed by atoms with van der Waals surface area (Å²) >= 11 is 0. The van der Waals surface area contributed by atoms with Crippen LogP contribution < -0.4 is 10.6 Å². The van der Waals surface area contributed by atoms with Gasteiger partial charge < -0.3 is 34.7 Å². The molecule has 0 bridgehead atoms. The Labute approximate surface area is 196 Å². The Bertz CT molecular complexity index is 669. The molecule has 0 heterocycles. The predicted octanol–water partition coefficient (Wildman–Crippen LogP) is 2.96. The number of hydrogen-bond donors (Lipinski definition) is 3. The molecule has 0 saturated carbocycles. The van der Waals surface area contributed by atoms with Gasteiger partial charge in [0.2, 0.25) is 5.91 Å². The summed E-state index contributed by atoms with van der Waals surface area (Å²) in [4.78, 5) is 24.8. The van der Waals surface area contributed by atoms with Crippen molar-refractivity contribution in [2.24, 2.45) is 0 Å². The van der Waals surface area contributed by atoms with Crippen molar-refractivity contribution >= 4 is 12.0 Å². The van der Waals surface area contributed by atoms with E-state index in [0.29, 0.717) is 6.61 Å². The van der Waals surface area contributed by atoms with Crippen LogP contribution in [0.3, 0.4) is 0 Å². The van der Waals surface area contributed by atoms with E-state index in [9.17, 15) is 18.4 Å². The molecule has 0 aliphatic heterocycles. The minimum Gasteiger partial charge on any atom is -0.444 e. The van der Waals surface area contributed by atoms with Crippen LogP contribution in [0, 0.1) is 0 Å². The van der Waals surface area contributed by atoms with Crippen molar-refractivity contribution in [2.45, 2.75) is 58.1 Å². The zero-order chi connectivity index (χ0) is 25.3. The molecule has 9 nitrogen and oxygen atoms in total. The monoisotopic (exact) mass is 482 g/mol. The lowest BCUT2D eigenvalue weighted by molar-refractivity contribution is -0.136. The van der Waals surface area contributed by atoms with Gasteiger partial charge in [0.15, 0.2) is 0 Å². The molecule has 0 radical (unpaired) electrons. The lowest BCUT2D eigenvalue weighted by Crippen LogP contribution is -2.52. The Balaban J connectivity index is -0.00000249. The molecule has 1 aromatic rings. The minimum atomic E-state index is -2.97. The van der Waals surface area contributed by atoms with Gasteiger partial charge in [-0.05, 0) is 26.3 Å². The van der Waals surface area contributed by atoms with Crippen LogP contribution >= 0.6 is 0 Å². The van der Waals surface area contributed by atoms with Crippen molar-refractivity contribution in [1.29, 1.82) is 0 Å². The first-order valence-corrected chi connectivity index (χ1v) is 10.4. The number of carbonyl (C=O) groups is 2. The summed E-state index contributed by atoms with van der Waals surface area (Å²) in [6.45, 7) is 2.26. The zero-order valence-corrected chi connectivity index (χ0v) is 19.8. The second-order valence-corrected chi connectivity index (χ2v) is 7.78. The van der Waals surface area contributed by atoms with E-state index in [2.05, 4.69) is 15.4 Å². The van der Waals surface area contributed by atoms with E-state index < -0.39 is 42.9 Å². The quantitative estimate of drug-likeness (QED) is 0.396. The molecule has 3 N–H and O–H groups in total. The lowest BCUT2D eigenvalue weighted by Gasteiger charge is -2.25. The number of rotatable bonds is 13. The van der Waals surface area contributed by atoms with Crippen LogP contribution in [0.2, 0.25) is 0 Å². The number of aliphatic hydroxyl groups excluding tert-OH is 1. The number of ether oxygens (including phenoxy) is 4. The van der Waals surface area contributed by atoms with Crippen LogP contribution in [0.4, 0.5) is 13.6 Å². The highest BCUT2D eigenvalue weighted by molar-refractivity contribution is 5.85. The van der Waals surface area contributed by atoms with Gasteiger partial charge in [0.1, 0.15) is 11.6 Å². The van der Waals surface area contributed by atoms with Crippen LogP contribution in [0.1, 0.15) is 35.6 Å². The van der Waals surface area contributed by atoms with Gasteiger partial charge >= 0.3 is 12.7 Å². The molecule has 1 aromatic carbocycles. The SMILES string of the molecule is CO.COC[C@@H](COCc1ccccc1)NC(=O)C(CCOC(F)F)NC(=O)OC(C)(C)C.[HH].[HH]. The Kier molecular flexibility index (Phi) is 16.0.